The highest BCUT2D eigenvalue weighted by Crippen LogP contribution is 2.41. The minimum atomic E-state index is -2.21. The predicted molar refractivity (Wildman–Crippen MR) is 72.2 cm³/mol. The topological polar surface area (TPSA) is 37.3 Å². The average Bonchev–Trinajstić information content (AvgIpc) is 2.96. The lowest BCUT2D eigenvalue weighted by Gasteiger charge is -2.33. The van der Waals surface area contributed by atoms with E-state index >= 15 is 4.39 Å². The van der Waals surface area contributed by atoms with Crippen molar-refractivity contribution >= 4 is 17.1 Å². The second-order valence-electron chi connectivity index (χ2n) is 4.77. The fourth-order valence-electron chi connectivity index (χ4n) is 2.55. The Morgan fingerprint density at radius 3 is 2.79 bits per heavy atom. The molecule has 0 unspecified atom stereocenters. The van der Waals surface area contributed by atoms with Crippen LogP contribution < -0.4 is 0 Å². The van der Waals surface area contributed by atoms with Crippen LogP contribution in [0.25, 0.3) is 0 Å². The second kappa shape index (κ2) is 4.54. The standard InChI is InChI=1S/C15H13FO2S/c16-15(14(18)12-6-3-9-19-12)8-7-10-4-1-2-5-11(10)13(15)17/h1-6,9,14,18H,7-8H2/t14-,15-/m0/s1. The molecule has 2 nitrogen and oxygen atoms in total. The van der Waals surface area contributed by atoms with Crippen LogP contribution in [0.4, 0.5) is 4.39 Å². The van der Waals surface area contributed by atoms with Crippen LogP contribution in [0.3, 0.4) is 0 Å². The van der Waals surface area contributed by atoms with Gasteiger partial charge in [0.25, 0.3) is 0 Å². The van der Waals surface area contributed by atoms with Crippen molar-refractivity contribution in [1.29, 1.82) is 0 Å². The molecule has 4 heteroatoms. The average molecular weight is 276 g/mol. The van der Waals surface area contributed by atoms with Gasteiger partial charge >= 0.3 is 0 Å². The Hall–Kier alpha value is -1.52. The van der Waals surface area contributed by atoms with Crippen molar-refractivity contribution in [2.45, 2.75) is 24.6 Å². The number of hydrogen-bond acceptors (Lipinski definition) is 3. The van der Waals surface area contributed by atoms with Gasteiger partial charge in [0.15, 0.2) is 0 Å². The molecule has 3 rings (SSSR count). The summed E-state index contributed by atoms with van der Waals surface area (Å²) in [6.07, 6.45) is -0.878. The minimum absolute atomic E-state index is 0.0297. The fourth-order valence-corrected chi connectivity index (χ4v) is 3.33. The molecule has 1 heterocycles. The molecule has 2 atom stereocenters. The van der Waals surface area contributed by atoms with Gasteiger partial charge in [-0.15, -0.1) is 11.3 Å². The van der Waals surface area contributed by atoms with Gasteiger partial charge in [0.05, 0.1) is 0 Å². The van der Waals surface area contributed by atoms with Crippen molar-refractivity contribution in [3.63, 3.8) is 0 Å². The normalized spacial score (nSPS) is 24.0. The van der Waals surface area contributed by atoms with E-state index in [0.29, 0.717) is 16.9 Å². The fraction of sp³-hybridized carbons (Fsp3) is 0.267. The molecule has 1 aliphatic rings. The van der Waals surface area contributed by atoms with Gasteiger partial charge in [0, 0.05) is 10.4 Å². The van der Waals surface area contributed by atoms with E-state index in [4.69, 9.17) is 0 Å². The summed E-state index contributed by atoms with van der Waals surface area (Å²) in [5.74, 6) is -0.602. The van der Waals surface area contributed by atoms with Crippen molar-refractivity contribution in [3.05, 3.63) is 57.8 Å². The van der Waals surface area contributed by atoms with Gasteiger partial charge in [-0.05, 0) is 29.9 Å². The van der Waals surface area contributed by atoms with E-state index < -0.39 is 17.6 Å². The van der Waals surface area contributed by atoms with E-state index in [-0.39, 0.29) is 6.42 Å². The van der Waals surface area contributed by atoms with Crippen LogP contribution in [0.1, 0.15) is 33.3 Å². The Bertz CT molecular complexity index is 608. The van der Waals surface area contributed by atoms with Crippen molar-refractivity contribution in [2.24, 2.45) is 0 Å². The molecule has 1 aliphatic carbocycles. The van der Waals surface area contributed by atoms with E-state index in [1.165, 1.54) is 11.3 Å². The molecule has 0 amide bonds. The van der Waals surface area contributed by atoms with Crippen molar-refractivity contribution in [3.8, 4) is 0 Å². The van der Waals surface area contributed by atoms with Crippen LogP contribution in [0.15, 0.2) is 41.8 Å². The zero-order valence-electron chi connectivity index (χ0n) is 10.2. The maximum Gasteiger partial charge on any atom is 0.204 e. The monoisotopic (exact) mass is 276 g/mol. The number of aliphatic hydroxyl groups is 1. The molecule has 0 aliphatic heterocycles. The van der Waals surface area contributed by atoms with Gasteiger partial charge in [-0.3, -0.25) is 4.79 Å². The molecule has 0 spiro atoms. The van der Waals surface area contributed by atoms with E-state index in [1.807, 2.05) is 12.1 Å². The summed E-state index contributed by atoms with van der Waals surface area (Å²) in [5.41, 5.74) is -0.954. The lowest BCUT2D eigenvalue weighted by molar-refractivity contribution is -0.00508. The number of hydrogen-bond donors (Lipinski definition) is 1. The van der Waals surface area contributed by atoms with E-state index in [2.05, 4.69) is 0 Å². The number of alkyl halides is 1. The Kier molecular flexibility index (Phi) is 2.99. The highest BCUT2D eigenvalue weighted by Gasteiger charge is 2.49. The molecule has 0 bridgehead atoms. The van der Waals surface area contributed by atoms with E-state index in [9.17, 15) is 9.90 Å². The van der Waals surface area contributed by atoms with Crippen molar-refractivity contribution in [1.82, 2.24) is 0 Å². The summed E-state index contributed by atoms with van der Waals surface area (Å²) in [6, 6.07) is 10.4. The largest absolute Gasteiger partial charge is 0.384 e. The third-order valence-corrected chi connectivity index (χ3v) is 4.57. The van der Waals surface area contributed by atoms with Crippen LogP contribution in [-0.4, -0.2) is 16.6 Å². The zero-order valence-corrected chi connectivity index (χ0v) is 11.0. The molecular formula is C15H13FO2S. The van der Waals surface area contributed by atoms with Gasteiger partial charge in [-0.1, -0.05) is 30.3 Å². The number of aliphatic hydroxyl groups excluding tert-OH is 1. The minimum Gasteiger partial charge on any atom is -0.384 e. The molecule has 0 saturated carbocycles. The first-order valence-electron chi connectivity index (χ1n) is 6.16. The maximum absolute atomic E-state index is 15.0. The van der Waals surface area contributed by atoms with Gasteiger partial charge in [-0.2, -0.15) is 0 Å². The number of ketones is 1. The SMILES string of the molecule is O=C1c2ccccc2CC[C@@]1(F)[C@@H](O)c1cccs1. The Labute approximate surface area is 114 Å². The predicted octanol–water partition coefficient (Wildman–Crippen LogP) is 3.32. The number of benzene rings is 1. The van der Waals surface area contributed by atoms with Gasteiger partial charge < -0.3 is 5.11 Å². The van der Waals surface area contributed by atoms with Gasteiger partial charge in [0.1, 0.15) is 6.10 Å². The lowest BCUT2D eigenvalue weighted by Crippen LogP contribution is -2.43. The van der Waals surface area contributed by atoms with Crippen LogP contribution in [0.5, 0.6) is 0 Å². The summed E-state index contributed by atoms with van der Waals surface area (Å²) in [4.78, 5) is 12.8. The zero-order chi connectivity index (χ0) is 13.5. The molecule has 1 aromatic carbocycles. The molecule has 2 aromatic rings. The molecular weight excluding hydrogens is 263 g/mol. The summed E-state index contributed by atoms with van der Waals surface area (Å²) in [5, 5.41) is 12.0. The highest BCUT2D eigenvalue weighted by atomic mass is 32.1. The first-order chi connectivity index (χ1) is 9.13. The second-order valence-corrected chi connectivity index (χ2v) is 5.75. The number of rotatable bonds is 2. The quantitative estimate of drug-likeness (QED) is 0.913. The van der Waals surface area contributed by atoms with Gasteiger partial charge in [0.2, 0.25) is 11.5 Å². The number of thiophene rings is 1. The summed E-state index contributed by atoms with van der Waals surface area (Å²) >= 11 is 1.26. The Morgan fingerprint density at radius 1 is 1.26 bits per heavy atom. The number of aryl methyl sites for hydroxylation is 1. The Balaban J connectivity index is 2.01. The molecule has 0 saturated heterocycles. The Morgan fingerprint density at radius 2 is 2.05 bits per heavy atom. The number of carbonyl (C=O) groups excluding carboxylic acids is 1. The number of halogens is 1. The third-order valence-electron chi connectivity index (χ3n) is 3.64. The molecule has 1 aromatic heterocycles. The summed E-state index contributed by atoms with van der Waals surface area (Å²) in [7, 11) is 0. The smallest absolute Gasteiger partial charge is 0.204 e. The first kappa shape index (κ1) is 12.5. The number of Topliss-reactive ketones (excluding diaryl/α,β-unsaturated/α-hetero) is 1. The number of carbonyl (C=O) groups is 1. The molecule has 0 fully saturated rings. The first-order valence-corrected chi connectivity index (χ1v) is 7.04. The van der Waals surface area contributed by atoms with Crippen molar-refractivity contribution < 1.29 is 14.3 Å². The van der Waals surface area contributed by atoms with Gasteiger partial charge in [-0.25, -0.2) is 4.39 Å². The van der Waals surface area contributed by atoms with E-state index in [0.717, 1.165) is 5.56 Å². The van der Waals surface area contributed by atoms with Crippen LogP contribution in [-0.2, 0) is 6.42 Å². The van der Waals surface area contributed by atoms with Crippen LogP contribution >= 0.6 is 11.3 Å². The summed E-state index contributed by atoms with van der Waals surface area (Å²) in [6.45, 7) is 0. The van der Waals surface area contributed by atoms with E-state index in [1.54, 1.807) is 29.6 Å². The molecule has 19 heavy (non-hydrogen) atoms. The van der Waals surface area contributed by atoms with Crippen LogP contribution in [0, 0.1) is 0 Å². The number of fused-ring (bicyclic) bond motifs is 1. The summed E-state index contributed by atoms with van der Waals surface area (Å²) < 4.78 is 15.0. The molecule has 98 valence electrons. The third kappa shape index (κ3) is 1.91. The molecule has 1 N–H and O–H groups in total. The lowest BCUT2D eigenvalue weighted by atomic mass is 9.77. The highest BCUT2D eigenvalue weighted by molar-refractivity contribution is 7.10. The molecule has 0 radical (unpaired) electrons. The maximum atomic E-state index is 15.0. The van der Waals surface area contributed by atoms with Crippen LogP contribution in [0.2, 0.25) is 0 Å². The van der Waals surface area contributed by atoms with Crippen molar-refractivity contribution in [2.75, 3.05) is 0 Å².